The van der Waals surface area contributed by atoms with Gasteiger partial charge in [0.2, 0.25) is 0 Å². The quantitative estimate of drug-likeness (QED) is 0.849. The first-order valence-electron chi connectivity index (χ1n) is 7.91. The number of halogens is 1. The number of sulfone groups is 1. The summed E-state index contributed by atoms with van der Waals surface area (Å²) in [5, 5.41) is 2.90. The third kappa shape index (κ3) is 3.40. The summed E-state index contributed by atoms with van der Waals surface area (Å²) in [6.07, 6.45) is 5.26. The summed E-state index contributed by atoms with van der Waals surface area (Å²) in [6.45, 7) is 2.00. The average Bonchev–Trinajstić information content (AvgIpc) is 2.90. The maximum absolute atomic E-state index is 13.9. The number of fused-ring (bicyclic) bond motifs is 1. The molecule has 0 aliphatic carbocycles. The highest BCUT2D eigenvalue weighted by Crippen LogP contribution is 2.27. The molecule has 126 valence electrons. The molecule has 1 aromatic rings. The minimum Gasteiger partial charge on any atom is -0.348 e. The summed E-state index contributed by atoms with van der Waals surface area (Å²) in [5.74, 6) is -1.24. The molecule has 2 saturated heterocycles. The first-order chi connectivity index (χ1) is 10.9. The van der Waals surface area contributed by atoms with Crippen LogP contribution in [-0.2, 0) is 9.84 Å². The van der Waals surface area contributed by atoms with Crippen LogP contribution in [0.3, 0.4) is 0 Å². The monoisotopic (exact) mass is 340 g/mol. The molecule has 7 heteroatoms. The van der Waals surface area contributed by atoms with Crippen LogP contribution in [0.4, 0.5) is 4.39 Å². The van der Waals surface area contributed by atoms with E-state index in [2.05, 4.69) is 10.2 Å². The number of amides is 1. The molecule has 2 aliphatic rings. The zero-order valence-electron chi connectivity index (χ0n) is 13.1. The maximum atomic E-state index is 13.9. The number of hydrogen-bond acceptors (Lipinski definition) is 4. The Balaban J connectivity index is 1.78. The Morgan fingerprint density at radius 1 is 1.26 bits per heavy atom. The van der Waals surface area contributed by atoms with Crippen LogP contribution in [0.25, 0.3) is 0 Å². The van der Waals surface area contributed by atoms with Gasteiger partial charge in [-0.1, -0.05) is 6.42 Å². The van der Waals surface area contributed by atoms with Gasteiger partial charge >= 0.3 is 0 Å². The summed E-state index contributed by atoms with van der Waals surface area (Å²) < 4.78 is 37.1. The second-order valence-corrected chi connectivity index (χ2v) is 8.40. The van der Waals surface area contributed by atoms with Gasteiger partial charge in [-0.15, -0.1) is 0 Å². The van der Waals surface area contributed by atoms with Gasteiger partial charge in [0, 0.05) is 24.9 Å². The molecule has 2 atom stereocenters. The molecule has 0 saturated carbocycles. The van der Waals surface area contributed by atoms with Crippen LogP contribution in [0.5, 0.6) is 0 Å². The molecule has 0 bridgehead atoms. The Kier molecular flexibility index (Phi) is 4.42. The highest BCUT2D eigenvalue weighted by molar-refractivity contribution is 7.90. The summed E-state index contributed by atoms with van der Waals surface area (Å²) in [7, 11) is -3.48. The van der Waals surface area contributed by atoms with Crippen molar-refractivity contribution >= 4 is 15.7 Å². The lowest BCUT2D eigenvalue weighted by atomic mass is 9.99. The fourth-order valence-electron chi connectivity index (χ4n) is 3.57. The Hall–Kier alpha value is -1.47. The Morgan fingerprint density at radius 2 is 2.04 bits per heavy atom. The van der Waals surface area contributed by atoms with Gasteiger partial charge in [-0.05, 0) is 44.0 Å². The minimum absolute atomic E-state index is 0.00379. The van der Waals surface area contributed by atoms with Gasteiger partial charge < -0.3 is 5.32 Å². The van der Waals surface area contributed by atoms with Crippen LogP contribution in [0.1, 0.15) is 36.0 Å². The van der Waals surface area contributed by atoms with E-state index in [0.717, 1.165) is 50.7 Å². The highest BCUT2D eigenvalue weighted by Gasteiger charge is 2.36. The molecule has 1 amide bonds. The van der Waals surface area contributed by atoms with Gasteiger partial charge in [0.15, 0.2) is 9.84 Å². The molecule has 2 fully saturated rings. The highest BCUT2D eigenvalue weighted by atomic mass is 32.2. The van der Waals surface area contributed by atoms with E-state index in [1.807, 2.05) is 0 Å². The largest absolute Gasteiger partial charge is 0.348 e. The normalized spacial score (nSPS) is 25.1. The van der Waals surface area contributed by atoms with Crippen molar-refractivity contribution in [3.05, 3.63) is 29.6 Å². The summed E-state index contributed by atoms with van der Waals surface area (Å²) >= 11 is 0. The van der Waals surface area contributed by atoms with Crippen LogP contribution in [0.15, 0.2) is 23.1 Å². The number of piperidine rings is 1. The molecule has 1 N–H and O–H groups in total. The van der Waals surface area contributed by atoms with E-state index >= 15 is 0 Å². The van der Waals surface area contributed by atoms with Crippen LogP contribution < -0.4 is 5.32 Å². The lowest BCUT2D eigenvalue weighted by Crippen LogP contribution is -2.46. The molecule has 0 unspecified atom stereocenters. The lowest BCUT2D eigenvalue weighted by Gasteiger charge is -2.32. The minimum atomic E-state index is -3.48. The van der Waals surface area contributed by atoms with Crippen molar-refractivity contribution in [3.8, 4) is 0 Å². The van der Waals surface area contributed by atoms with Gasteiger partial charge in [-0.2, -0.15) is 0 Å². The predicted octanol–water partition coefficient (Wildman–Crippen LogP) is 1.59. The molecule has 3 rings (SSSR count). The van der Waals surface area contributed by atoms with E-state index in [0.29, 0.717) is 6.04 Å². The standard InChI is InChI=1S/C16H21FN2O3S/c1-23(21,22)11-5-6-13(17)12(10-11)16(20)18-14-7-9-19-8-3-2-4-15(14)19/h5-6,10,14-15H,2-4,7-9H2,1H3,(H,18,20)/t14-,15+/m1/s1. The molecule has 2 aliphatic heterocycles. The van der Waals surface area contributed by atoms with Gasteiger partial charge in [0.1, 0.15) is 5.82 Å². The maximum Gasteiger partial charge on any atom is 0.254 e. The smallest absolute Gasteiger partial charge is 0.254 e. The molecule has 0 radical (unpaired) electrons. The van der Waals surface area contributed by atoms with Gasteiger partial charge in [-0.3, -0.25) is 9.69 Å². The predicted molar refractivity (Wildman–Crippen MR) is 84.6 cm³/mol. The van der Waals surface area contributed by atoms with Crippen LogP contribution in [-0.4, -0.2) is 50.7 Å². The molecule has 23 heavy (non-hydrogen) atoms. The third-order valence-corrected chi connectivity index (χ3v) is 5.89. The van der Waals surface area contributed by atoms with Crippen molar-refractivity contribution in [2.45, 2.75) is 42.7 Å². The lowest BCUT2D eigenvalue weighted by molar-refractivity contribution is 0.0911. The van der Waals surface area contributed by atoms with Crippen LogP contribution in [0, 0.1) is 5.82 Å². The molecule has 0 spiro atoms. The fraction of sp³-hybridized carbons (Fsp3) is 0.562. The number of nitrogens with one attached hydrogen (secondary N) is 1. The van der Waals surface area contributed by atoms with Crippen LogP contribution in [0.2, 0.25) is 0 Å². The SMILES string of the molecule is CS(=O)(=O)c1ccc(F)c(C(=O)N[C@@H]2CCN3CCCC[C@@H]23)c1. The first kappa shape index (κ1) is 16.4. The van der Waals surface area contributed by atoms with Crippen molar-refractivity contribution in [1.29, 1.82) is 0 Å². The second-order valence-electron chi connectivity index (χ2n) is 6.38. The fourth-order valence-corrected chi connectivity index (χ4v) is 4.22. The Morgan fingerprint density at radius 3 is 2.78 bits per heavy atom. The molecule has 5 nitrogen and oxygen atoms in total. The van der Waals surface area contributed by atoms with Crippen molar-refractivity contribution in [2.24, 2.45) is 0 Å². The number of nitrogens with zero attached hydrogens (tertiary/aromatic N) is 1. The van der Waals surface area contributed by atoms with Crippen LogP contribution >= 0.6 is 0 Å². The van der Waals surface area contributed by atoms with Gasteiger partial charge in [0.25, 0.3) is 5.91 Å². The Bertz CT molecular complexity index is 720. The number of carbonyl (C=O) groups excluding carboxylic acids is 1. The van der Waals surface area contributed by atoms with E-state index in [9.17, 15) is 17.6 Å². The third-order valence-electron chi connectivity index (χ3n) is 4.78. The van der Waals surface area contributed by atoms with Gasteiger partial charge in [-0.25, -0.2) is 12.8 Å². The van der Waals surface area contributed by atoms with E-state index in [1.165, 1.54) is 12.5 Å². The summed E-state index contributed by atoms with van der Waals surface area (Å²) in [4.78, 5) is 14.7. The molecular formula is C16H21FN2O3S. The van der Waals surface area contributed by atoms with Gasteiger partial charge in [0.05, 0.1) is 10.5 Å². The topological polar surface area (TPSA) is 66.5 Å². The molecule has 2 heterocycles. The van der Waals surface area contributed by atoms with Crippen molar-refractivity contribution in [2.75, 3.05) is 19.3 Å². The number of rotatable bonds is 3. The van der Waals surface area contributed by atoms with Crippen molar-refractivity contribution in [1.82, 2.24) is 10.2 Å². The number of hydrogen-bond donors (Lipinski definition) is 1. The second kappa shape index (κ2) is 6.20. The van der Waals surface area contributed by atoms with E-state index in [4.69, 9.17) is 0 Å². The number of benzene rings is 1. The molecule has 0 aromatic heterocycles. The molecular weight excluding hydrogens is 319 g/mol. The first-order valence-corrected chi connectivity index (χ1v) is 9.80. The van der Waals surface area contributed by atoms with Crippen molar-refractivity contribution < 1.29 is 17.6 Å². The summed E-state index contributed by atoms with van der Waals surface area (Å²) in [5.41, 5.74) is -0.206. The zero-order valence-corrected chi connectivity index (χ0v) is 13.9. The van der Waals surface area contributed by atoms with E-state index in [-0.39, 0.29) is 16.5 Å². The summed E-state index contributed by atoms with van der Waals surface area (Å²) in [6, 6.07) is 3.65. The zero-order chi connectivity index (χ0) is 16.6. The van der Waals surface area contributed by atoms with E-state index < -0.39 is 21.6 Å². The Labute approximate surface area is 135 Å². The average molecular weight is 340 g/mol. The van der Waals surface area contributed by atoms with Crippen molar-refractivity contribution in [3.63, 3.8) is 0 Å². The molecule has 1 aromatic carbocycles. The number of carbonyl (C=O) groups is 1. The van der Waals surface area contributed by atoms with E-state index in [1.54, 1.807) is 0 Å².